The molecule has 8 heteroatoms. The van der Waals surface area contributed by atoms with Gasteiger partial charge in [-0.25, -0.2) is 4.79 Å². The van der Waals surface area contributed by atoms with Gasteiger partial charge in [-0.05, 0) is 54.8 Å². The molecule has 164 valence electrons. The first kappa shape index (κ1) is 21.6. The van der Waals surface area contributed by atoms with Crippen molar-refractivity contribution in [1.82, 2.24) is 4.90 Å². The molecule has 0 bridgehead atoms. The van der Waals surface area contributed by atoms with Crippen LogP contribution in [0.25, 0.3) is 11.1 Å². The maximum absolute atomic E-state index is 13.2. The fourth-order valence-electron chi connectivity index (χ4n) is 3.83. The first-order chi connectivity index (χ1) is 15.5. The number of furan rings is 1. The van der Waals surface area contributed by atoms with E-state index in [0.29, 0.717) is 30.0 Å². The molecule has 1 atom stereocenters. The molecule has 7 nitrogen and oxygen atoms in total. The van der Waals surface area contributed by atoms with Crippen molar-refractivity contribution in [1.29, 1.82) is 0 Å². The number of amides is 2. The molecule has 1 aliphatic heterocycles. The predicted octanol–water partition coefficient (Wildman–Crippen LogP) is 4.63. The van der Waals surface area contributed by atoms with Crippen LogP contribution < -0.4 is 5.32 Å². The molecule has 32 heavy (non-hydrogen) atoms. The summed E-state index contributed by atoms with van der Waals surface area (Å²) >= 11 is 5.98. The lowest BCUT2D eigenvalue weighted by Gasteiger charge is -2.24. The lowest BCUT2D eigenvalue weighted by molar-refractivity contribution is -0.119. The van der Waals surface area contributed by atoms with Crippen molar-refractivity contribution in [3.63, 3.8) is 0 Å². The Bertz CT molecular complexity index is 1160. The zero-order chi connectivity index (χ0) is 22.7. The molecule has 0 radical (unpaired) electrons. The summed E-state index contributed by atoms with van der Waals surface area (Å²) < 4.78 is 9.90. The molecular formula is C24H21ClN2O5. The lowest BCUT2D eigenvalue weighted by atomic mass is 10.0. The molecule has 4 rings (SSSR count). The minimum absolute atomic E-state index is 0.150. The van der Waals surface area contributed by atoms with Crippen LogP contribution in [0.1, 0.15) is 33.6 Å². The Hall–Kier alpha value is -3.58. The van der Waals surface area contributed by atoms with E-state index in [1.54, 1.807) is 47.8 Å². The number of rotatable bonds is 5. The van der Waals surface area contributed by atoms with Crippen LogP contribution in [-0.4, -0.2) is 42.4 Å². The summed E-state index contributed by atoms with van der Waals surface area (Å²) in [6.07, 6.45) is 4.42. The molecule has 3 aromatic rings. The zero-order valence-electron chi connectivity index (χ0n) is 17.3. The number of carbonyl (C=O) groups is 3. The van der Waals surface area contributed by atoms with E-state index in [-0.39, 0.29) is 23.1 Å². The third-order valence-electron chi connectivity index (χ3n) is 5.43. The molecule has 1 aliphatic rings. The number of esters is 1. The maximum atomic E-state index is 13.2. The van der Waals surface area contributed by atoms with Gasteiger partial charge >= 0.3 is 5.97 Å². The number of nitrogens with zero attached hydrogens (tertiary/aromatic N) is 1. The number of hydrogen-bond donors (Lipinski definition) is 1. The van der Waals surface area contributed by atoms with Gasteiger partial charge in [-0.3, -0.25) is 9.59 Å². The van der Waals surface area contributed by atoms with Crippen LogP contribution in [0.5, 0.6) is 0 Å². The van der Waals surface area contributed by atoms with Crippen molar-refractivity contribution >= 4 is 35.1 Å². The second kappa shape index (κ2) is 9.28. The van der Waals surface area contributed by atoms with Crippen LogP contribution in [0.15, 0.2) is 65.5 Å². The number of benzene rings is 2. The normalized spacial score (nSPS) is 15.4. The van der Waals surface area contributed by atoms with E-state index in [1.807, 2.05) is 12.1 Å². The molecule has 2 heterocycles. The van der Waals surface area contributed by atoms with Crippen molar-refractivity contribution in [2.75, 3.05) is 19.0 Å². The van der Waals surface area contributed by atoms with Crippen LogP contribution in [0.4, 0.5) is 5.69 Å². The first-order valence-electron chi connectivity index (χ1n) is 10.1. The van der Waals surface area contributed by atoms with Gasteiger partial charge in [-0.1, -0.05) is 23.7 Å². The highest BCUT2D eigenvalue weighted by Crippen LogP contribution is 2.27. The van der Waals surface area contributed by atoms with Gasteiger partial charge in [0.1, 0.15) is 6.04 Å². The highest BCUT2D eigenvalue weighted by Gasteiger charge is 2.35. The molecule has 2 aromatic carbocycles. The van der Waals surface area contributed by atoms with Gasteiger partial charge in [-0.2, -0.15) is 0 Å². The summed E-state index contributed by atoms with van der Waals surface area (Å²) in [5, 5.41) is 3.11. The second-order valence-electron chi connectivity index (χ2n) is 7.42. The molecule has 0 aliphatic carbocycles. The Balaban J connectivity index is 1.54. The van der Waals surface area contributed by atoms with Crippen LogP contribution in [0, 0.1) is 0 Å². The number of ether oxygens (including phenoxy) is 1. The van der Waals surface area contributed by atoms with Gasteiger partial charge in [0, 0.05) is 22.7 Å². The molecule has 1 aromatic heterocycles. The van der Waals surface area contributed by atoms with Gasteiger partial charge in [0.05, 0.1) is 30.9 Å². The Morgan fingerprint density at radius 1 is 1.12 bits per heavy atom. The number of likely N-dealkylation sites (tertiary alicyclic amines) is 1. The first-order valence-corrected chi connectivity index (χ1v) is 10.5. The molecule has 1 saturated heterocycles. The predicted molar refractivity (Wildman–Crippen MR) is 120 cm³/mol. The Kier molecular flexibility index (Phi) is 6.28. The summed E-state index contributed by atoms with van der Waals surface area (Å²) in [6.45, 7) is 0.470. The van der Waals surface area contributed by atoms with E-state index < -0.39 is 12.0 Å². The van der Waals surface area contributed by atoms with Crippen LogP contribution in [-0.2, 0) is 9.53 Å². The molecule has 0 unspecified atom stereocenters. The van der Waals surface area contributed by atoms with Crippen LogP contribution in [0.2, 0.25) is 5.02 Å². The minimum atomic E-state index is -0.652. The number of methoxy groups -OCH3 is 1. The van der Waals surface area contributed by atoms with E-state index >= 15 is 0 Å². The summed E-state index contributed by atoms with van der Waals surface area (Å²) in [5.74, 6) is -1.20. The van der Waals surface area contributed by atoms with E-state index in [0.717, 1.165) is 11.1 Å². The smallest absolute Gasteiger partial charge is 0.340 e. The zero-order valence-corrected chi connectivity index (χ0v) is 18.1. The molecule has 1 fully saturated rings. The number of carbonyl (C=O) groups excluding carboxylic acids is 3. The van der Waals surface area contributed by atoms with Crippen LogP contribution in [0.3, 0.4) is 0 Å². The fourth-order valence-corrected chi connectivity index (χ4v) is 4.00. The quantitative estimate of drug-likeness (QED) is 0.570. The molecular weight excluding hydrogens is 432 g/mol. The number of halogens is 1. The van der Waals surface area contributed by atoms with Gasteiger partial charge in [0.25, 0.3) is 5.91 Å². The van der Waals surface area contributed by atoms with Crippen molar-refractivity contribution in [3.8, 4) is 11.1 Å². The van der Waals surface area contributed by atoms with Crippen molar-refractivity contribution in [3.05, 3.63) is 77.2 Å². The number of hydrogen-bond acceptors (Lipinski definition) is 5. The SMILES string of the molecule is COC(=O)c1cc(Cl)ccc1NC(=O)[C@H]1CCCN1C(=O)c1cccc(-c2ccoc2)c1. The molecule has 0 spiro atoms. The monoisotopic (exact) mass is 452 g/mol. The van der Waals surface area contributed by atoms with Gasteiger partial charge in [0.2, 0.25) is 5.91 Å². The second-order valence-corrected chi connectivity index (χ2v) is 7.86. The Morgan fingerprint density at radius 3 is 2.72 bits per heavy atom. The van der Waals surface area contributed by atoms with Crippen molar-refractivity contribution in [2.45, 2.75) is 18.9 Å². The highest BCUT2D eigenvalue weighted by molar-refractivity contribution is 6.31. The van der Waals surface area contributed by atoms with E-state index in [2.05, 4.69) is 5.32 Å². The van der Waals surface area contributed by atoms with Gasteiger partial charge < -0.3 is 19.4 Å². The minimum Gasteiger partial charge on any atom is -0.472 e. The number of anilines is 1. The third kappa shape index (κ3) is 4.38. The molecule has 2 amide bonds. The average Bonchev–Trinajstić information content (AvgIpc) is 3.51. The van der Waals surface area contributed by atoms with Crippen LogP contribution >= 0.6 is 11.6 Å². The topological polar surface area (TPSA) is 88.9 Å². The van der Waals surface area contributed by atoms with Gasteiger partial charge in [0.15, 0.2) is 0 Å². The third-order valence-corrected chi connectivity index (χ3v) is 5.66. The van der Waals surface area contributed by atoms with Gasteiger partial charge in [-0.15, -0.1) is 0 Å². The maximum Gasteiger partial charge on any atom is 0.340 e. The molecule has 1 N–H and O–H groups in total. The van der Waals surface area contributed by atoms with E-state index in [9.17, 15) is 14.4 Å². The largest absolute Gasteiger partial charge is 0.472 e. The molecule has 0 saturated carbocycles. The van der Waals surface area contributed by atoms with E-state index in [4.69, 9.17) is 20.8 Å². The highest BCUT2D eigenvalue weighted by atomic mass is 35.5. The summed E-state index contributed by atoms with van der Waals surface area (Å²) in [7, 11) is 1.25. The number of nitrogens with one attached hydrogen (secondary N) is 1. The summed E-state index contributed by atoms with van der Waals surface area (Å²) in [5.41, 5.74) is 2.65. The summed E-state index contributed by atoms with van der Waals surface area (Å²) in [4.78, 5) is 39.9. The summed E-state index contributed by atoms with van der Waals surface area (Å²) in [6, 6.07) is 12.9. The standard InChI is InChI=1S/C24H21ClN2O5/c1-31-24(30)19-13-18(25)7-8-20(19)26-22(28)21-6-3-10-27(21)23(29)16-5-2-4-15(12-16)17-9-11-32-14-17/h2,4-5,7-9,11-14,21H,3,6,10H2,1H3,(H,26,28)/t21-/m1/s1. The fraction of sp³-hybridized carbons (Fsp3) is 0.208. The van der Waals surface area contributed by atoms with E-state index in [1.165, 1.54) is 13.2 Å². The van der Waals surface area contributed by atoms with Crippen molar-refractivity contribution < 1.29 is 23.5 Å². The lowest BCUT2D eigenvalue weighted by Crippen LogP contribution is -2.43. The Labute approximate surface area is 189 Å². The average molecular weight is 453 g/mol. The van der Waals surface area contributed by atoms with Crippen molar-refractivity contribution in [2.24, 2.45) is 0 Å². The Morgan fingerprint density at radius 2 is 1.97 bits per heavy atom.